The SMILES string of the molecule is CCCNc1ccc(C(=O)NCCS(=O)CC)cc1. The molecule has 0 saturated carbocycles. The van der Waals surface area contributed by atoms with Gasteiger partial charge in [0.25, 0.3) is 5.91 Å². The monoisotopic (exact) mass is 282 g/mol. The smallest absolute Gasteiger partial charge is 0.251 e. The van der Waals surface area contributed by atoms with Gasteiger partial charge in [0, 0.05) is 46.6 Å². The summed E-state index contributed by atoms with van der Waals surface area (Å²) >= 11 is 0. The second-order valence-corrected chi connectivity index (χ2v) is 6.06. The molecule has 106 valence electrons. The Bertz CT molecular complexity index is 418. The highest BCUT2D eigenvalue weighted by Crippen LogP contribution is 2.09. The highest BCUT2D eigenvalue weighted by Gasteiger charge is 2.05. The molecule has 1 aromatic rings. The van der Waals surface area contributed by atoms with Gasteiger partial charge < -0.3 is 10.6 Å². The lowest BCUT2D eigenvalue weighted by Crippen LogP contribution is -2.27. The van der Waals surface area contributed by atoms with E-state index in [4.69, 9.17) is 0 Å². The van der Waals surface area contributed by atoms with E-state index in [0.29, 0.717) is 23.6 Å². The Kier molecular flexibility index (Phi) is 7.18. The van der Waals surface area contributed by atoms with Crippen LogP contribution < -0.4 is 10.6 Å². The average Bonchev–Trinajstić information content (AvgIpc) is 2.45. The normalized spacial score (nSPS) is 11.9. The van der Waals surface area contributed by atoms with E-state index in [9.17, 15) is 9.00 Å². The summed E-state index contributed by atoms with van der Waals surface area (Å²) in [7, 11) is -0.832. The van der Waals surface area contributed by atoms with E-state index < -0.39 is 10.8 Å². The van der Waals surface area contributed by atoms with Gasteiger partial charge in [0.15, 0.2) is 0 Å². The minimum Gasteiger partial charge on any atom is -0.385 e. The fourth-order valence-electron chi connectivity index (χ4n) is 1.53. The van der Waals surface area contributed by atoms with E-state index in [1.54, 1.807) is 12.1 Å². The van der Waals surface area contributed by atoms with Crippen LogP contribution >= 0.6 is 0 Å². The highest BCUT2D eigenvalue weighted by molar-refractivity contribution is 7.84. The first kappa shape index (κ1) is 15.7. The maximum absolute atomic E-state index is 11.8. The number of hydrogen-bond acceptors (Lipinski definition) is 3. The predicted molar refractivity (Wildman–Crippen MR) is 81.1 cm³/mol. The quantitative estimate of drug-likeness (QED) is 0.767. The van der Waals surface area contributed by atoms with Crippen LogP contribution in [0.15, 0.2) is 24.3 Å². The molecular formula is C14H22N2O2S. The molecular weight excluding hydrogens is 260 g/mol. The van der Waals surface area contributed by atoms with E-state index in [2.05, 4.69) is 17.6 Å². The van der Waals surface area contributed by atoms with Crippen molar-refractivity contribution in [3.63, 3.8) is 0 Å². The molecule has 0 heterocycles. The predicted octanol–water partition coefficient (Wildman–Crippen LogP) is 2.01. The summed E-state index contributed by atoms with van der Waals surface area (Å²) < 4.78 is 11.2. The van der Waals surface area contributed by atoms with Crippen molar-refractivity contribution in [2.75, 3.05) is 29.9 Å². The van der Waals surface area contributed by atoms with Crippen LogP contribution in [-0.2, 0) is 10.8 Å². The lowest BCUT2D eigenvalue weighted by Gasteiger charge is -2.07. The summed E-state index contributed by atoms with van der Waals surface area (Å²) in [6, 6.07) is 7.39. The van der Waals surface area contributed by atoms with Crippen LogP contribution in [0.4, 0.5) is 5.69 Å². The Labute approximate surface area is 117 Å². The van der Waals surface area contributed by atoms with Crippen LogP contribution in [0.5, 0.6) is 0 Å². The number of nitrogens with one attached hydrogen (secondary N) is 2. The standard InChI is InChI=1S/C14H22N2O2S/c1-3-9-15-13-7-5-12(6-8-13)14(17)16-10-11-19(18)4-2/h5-8,15H,3-4,9-11H2,1-2H3,(H,16,17). The zero-order chi connectivity index (χ0) is 14.1. The first-order valence-corrected chi connectivity index (χ1v) is 8.13. The van der Waals surface area contributed by atoms with Crippen molar-refractivity contribution in [2.24, 2.45) is 0 Å². The van der Waals surface area contributed by atoms with Crippen LogP contribution in [-0.4, -0.2) is 34.7 Å². The fourth-order valence-corrected chi connectivity index (χ4v) is 2.15. The van der Waals surface area contributed by atoms with Crippen molar-refractivity contribution in [3.05, 3.63) is 29.8 Å². The first-order valence-electron chi connectivity index (χ1n) is 6.64. The molecule has 1 rings (SSSR count). The molecule has 0 fully saturated rings. The lowest BCUT2D eigenvalue weighted by atomic mass is 10.2. The molecule has 0 aromatic heterocycles. The van der Waals surface area contributed by atoms with Crippen molar-refractivity contribution in [1.82, 2.24) is 5.32 Å². The largest absolute Gasteiger partial charge is 0.385 e. The molecule has 0 aliphatic carbocycles. The summed E-state index contributed by atoms with van der Waals surface area (Å²) in [6.07, 6.45) is 1.07. The molecule has 0 spiro atoms. The molecule has 2 N–H and O–H groups in total. The first-order chi connectivity index (χ1) is 9.17. The third kappa shape index (κ3) is 5.87. The number of hydrogen-bond donors (Lipinski definition) is 2. The third-order valence-corrected chi connectivity index (χ3v) is 3.97. The number of carbonyl (C=O) groups excluding carboxylic acids is 1. The molecule has 0 bridgehead atoms. The maximum Gasteiger partial charge on any atom is 0.251 e. The second-order valence-electron chi connectivity index (χ2n) is 4.19. The van der Waals surface area contributed by atoms with E-state index in [-0.39, 0.29) is 5.91 Å². The maximum atomic E-state index is 11.8. The van der Waals surface area contributed by atoms with Gasteiger partial charge in [-0.15, -0.1) is 0 Å². The number of carbonyl (C=O) groups is 1. The van der Waals surface area contributed by atoms with E-state index in [0.717, 1.165) is 18.7 Å². The number of amides is 1. The summed E-state index contributed by atoms with van der Waals surface area (Å²) in [5.41, 5.74) is 1.65. The van der Waals surface area contributed by atoms with Gasteiger partial charge in [0.2, 0.25) is 0 Å². The van der Waals surface area contributed by atoms with Crippen LogP contribution in [0, 0.1) is 0 Å². The van der Waals surface area contributed by atoms with Crippen molar-refractivity contribution in [1.29, 1.82) is 0 Å². The Morgan fingerprint density at radius 3 is 2.42 bits per heavy atom. The van der Waals surface area contributed by atoms with Crippen molar-refractivity contribution in [3.8, 4) is 0 Å². The zero-order valence-corrected chi connectivity index (χ0v) is 12.4. The van der Waals surface area contributed by atoms with Crippen LogP contribution in [0.25, 0.3) is 0 Å². The molecule has 0 aliphatic rings. The van der Waals surface area contributed by atoms with Crippen molar-refractivity contribution >= 4 is 22.4 Å². The van der Waals surface area contributed by atoms with Gasteiger partial charge in [0.1, 0.15) is 0 Å². The van der Waals surface area contributed by atoms with Crippen molar-refractivity contribution < 1.29 is 9.00 Å². The molecule has 1 amide bonds. The molecule has 4 nitrogen and oxygen atoms in total. The minimum absolute atomic E-state index is 0.116. The van der Waals surface area contributed by atoms with Gasteiger partial charge in [-0.1, -0.05) is 13.8 Å². The van der Waals surface area contributed by atoms with Crippen LogP contribution in [0.1, 0.15) is 30.6 Å². The summed E-state index contributed by atoms with van der Waals surface area (Å²) in [5.74, 6) is 1.03. The molecule has 1 aromatic carbocycles. The molecule has 1 atom stereocenters. The average molecular weight is 282 g/mol. The van der Waals surface area contributed by atoms with Gasteiger partial charge in [-0.3, -0.25) is 9.00 Å². The molecule has 19 heavy (non-hydrogen) atoms. The van der Waals surface area contributed by atoms with Gasteiger partial charge in [-0.05, 0) is 30.7 Å². The van der Waals surface area contributed by atoms with Gasteiger partial charge in [0.05, 0.1) is 0 Å². The topological polar surface area (TPSA) is 58.2 Å². The van der Waals surface area contributed by atoms with E-state index in [1.165, 1.54) is 0 Å². The van der Waals surface area contributed by atoms with Crippen LogP contribution in [0.2, 0.25) is 0 Å². The highest BCUT2D eigenvalue weighted by atomic mass is 32.2. The van der Waals surface area contributed by atoms with Gasteiger partial charge >= 0.3 is 0 Å². The second kappa shape index (κ2) is 8.69. The Morgan fingerprint density at radius 2 is 1.84 bits per heavy atom. The summed E-state index contributed by atoms with van der Waals surface area (Å²) in [4.78, 5) is 11.8. The zero-order valence-electron chi connectivity index (χ0n) is 11.6. The van der Waals surface area contributed by atoms with E-state index in [1.807, 2.05) is 19.1 Å². The van der Waals surface area contributed by atoms with Gasteiger partial charge in [-0.2, -0.15) is 0 Å². The van der Waals surface area contributed by atoms with E-state index >= 15 is 0 Å². The molecule has 0 aliphatic heterocycles. The number of anilines is 1. The minimum atomic E-state index is -0.832. The number of rotatable bonds is 8. The molecule has 5 heteroatoms. The summed E-state index contributed by atoms with van der Waals surface area (Å²) in [5, 5.41) is 6.03. The third-order valence-electron chi connectivity index (χ3n) is 2.66. The molecule has 0 radical (unpaired) electrons. The molecule has 1 unspecified atom stereocenters. The van der Waals surface area contributed by atoms with Crippen molar-refractivity contribution in [2.45, 2.75) is 20.3 Å². The Hall–Kier alpha value is -1.36. The van der Waals surface area contributed by atoms with Crippen LogP contribution in [0.3, 0.4) is 0 Å². The Balaban J connectivity index is 2.42. The lowest BCUT2D eigenvalue weighted by molar-refractivity contribution is 0.0956. The molecule has 0 saturated heterocycles. The van der Waals surface area contributed by atoms with Gasteiger partial charge in [-0.25, -0.2) is 0 Å². The summed E-state index contributed by atoms with van der Waals surface area (Å²) in [6.45, 7) is 5.36. The fraction of sp³-hybridized carbons (Fsp3) is 0.500. The number of benzene rings is 1. The Morgan fingerprint density at radius 1 is 1.16 bits per heavy atom.